The molecule has 1 aromatic carbocycles. The lowest BCUT2D eigenvalue weighted by atomic mass is 10.1. The van der Waals surface area contributed by atoms with E-state index in [9.17, 15) is 8.42 Å². The van der Waals surface area contributed by atoms with Crippen LogP contribution in [0.1, 0.15) is 11.6 Å². The minimum absolute atomic E-state index is 0.0825. The van der Waals surface area contributed by atoms with Crippen LogP contribution in [0.25, 0.3) is 0 Å². The van der Waals surface area contributed by atoms with Crippen LogP contribution in [0.5, 0.6) is 5.75 Å². The monoisotopic (exact) mass is 343 g/mol. The van der Waals surface area contributed by atoms with Crippen LogP contribution in [-0.2, 0) is 14.9 Å². The molecular weight excluding hydrogens is 318 g/mol. The molecule has 0 spiro atoms. The molecule has 1 aromatic rings. The average Bonchev–Trinajstić information content (AvgIpc) is 2.55. The molecular formula is C15H25N3O4S. The summed E-state index contributed by atoms with van der Waals surface area (Å²) < 4.78 is 39.3. The Bertz CT molecular complexity index is 600. The summed E-state index contributed by atoms with van der Waals surface area (Å²) in [5.41, 5.74) is 0.999. The molecule has 8 heteroatoms. The highest BCUT2D eigenvalue weighted by Gasteiger charge is 2.25. The number of hydrogen-bond acceptors (Lipinski definition) is 5. The Morgan fingerprint density at radius 1 is 1.35 bits per heavy atom. The number of nitrogens with one attached hydrogen (secondary N) is 1. The maximum atomic E-state index is 12.4. The predicted octanol–water partition coefficient (Wildman–Crippen LogP) is 0.465. The van der Waals surface area contributed by atoms with E-state index in [-0.39, 0.29) is 6.04 Å². The van der Waals surface area contributed by atoms with Crippen LogP contribution in [0.2, 0.25) is 0 Å². The van der Waals surface area contributed by atoms with Crippen molar-refractivity contribution in [1.82, 2.24) is 13.9 Å². The van der Waals surface area contributed by atoms with Crippen LogP contribution in [-0.4, -0.2) is 71.7 Å². The number of rotatable bonds is 7. The molecule has 23 heavy (non-hydrogen) atoms. The molecule has 1 aliphatic heterocycles. The molecule has 0 saturated carbocycles. The number of benzene rings is 1. The van der Waals surface area contributed by atoms with Crippen LogP contribution in [0, 0.1) is 0 Å². The predicted molar refractivity (Wildman–Crippen MR) is 88.7 cm³/mol. The van der Waals surface area contributed by atoms with Crippen molar-refractivity contribution in [2.45, 2.75) is 6.04 Å². The summed E-state index contributed by atoms with van der Waals surface area (Å²) in [5.74, 6) is 0.755. The van der Waals surface area contributed by atoms with E-state index in [1.807, 2.05) is 43.3 Å². The Labute approximate surface area is 138 Å². The van der Waals surface area contributed by atoms with Gasteiger partial charge in [0, 0.05) is 25.7 Å². The van der Waals surface area contributed by atoms with E-state index in [0.29, 0.717) is 32.8 Å². The summed E-state index contributed by atoms with van der Waals surface area (Å²) in [6, 6.07) is 7.58. The topological polar surface area (TPSA) is 71.1 Å². The zero-order valence-electron chi connectivity index (χ0n) is 13.9. The maximum absolute atomic E-state index is 12.4. The lowest BCUT2D eigenvalue weighted by Crippen LogP contribution is -2.48. The van der Waals surface area contributed by atoms with Crippen molar-refractivity contribution in [2.24, 2.45) is 0 Å². The minimum atomic E-state index is -3.49. The first-order chi connectivity index (χ1) is 10.9. The molecule has 0 amide bonds. The Morgan fingerprint density at radius 3 is 2.65 bits per heavy atom. The third-order valence-corrected chi connectivity index (χ3v) is 5.45. The van der Waals surface area contributed by atoms with Gasteiger partial charge < -0.3 is 14.4 Å². The molecule has 0 aromatic heterocycles. The highest BCUT2D eigenvalue weighted by molar-refractivity contribution is 7.87. The number of hydrogen-bond donors (Lipinski definition) is 1. The second-order valence-corrected chi connectivity index (χ2v) is 7.38. The number of ether oxygens (including phenoxy) is 2. The van der Waals surface area contributed by atoms with Gasteiger partial charge in [-0.1, -0.05) is 12.1 Å². The Morgan fingerprint density at radius 2 is 2.04 bits per heavy atom. The number of likely N-dealkylation sites (N-methyl/N-ethyl adjacent to an activating group) is 1. The van der Waals surface area contributed by atoms with Gasteiger partial charge in [0.2, 0.25) is 0 Å². The van der Waals surface area contributed by atoms with Crippen molar-refractivity contribution < 1.29 is 17.9 Å². The Hall–Kier alpha value is -1.19. The summed E-state index contributed by atoms with van der Waals surface area (Å²) in [6.07, 6.45) is 0. The fourth-order valence-electron chi connectivity index (χ4n) is 2.51. The zero-order valence-corrected chi connectivity index (χ0v) is 14.7. The highest BCUT2D eigenvalue weighted by atomic mass is 32.2. The summed E-state index contributed by atoms with van der Waals surface area (Å²) in [4.78, 5) is 1.98. The van der Waals surface area contributed by atoms with E-state index in [1.165, 1.54) is 4.31 Å². The molecule has 0 aliphatic carbocycles. The Balaban J connectivity index is 2.07. The minimum Gasteiger partial charge on any atom is -0.497 e. The van der Waals surface area contributed by atoms with Crippen LogP contribution < -0.4 is 9.46 Å². The summed E-state index contributed by atoms with van der Waals surface area (Å²) in [7, 11) is 1.97. The molecule has 1 heterocycles. The SMILES string of the molecule is COc1cccc([C@@H](CNS(=O)(=O)N2CCOCC2)N(C)C)c1. The lowest BCUT2D eigenvalue weighted by Gasteiger charge is -2.29. The van der Waals surface area contributed by atoms with Crippen molar-refractivity contribution >= 4 is 10.2 Å². The molecule has 0 bridgehead atoms. The van der Waals surface area contributed by atoms with Gasteiger partial charge in [-0.05, 0) is 31.8 Å². The molecule has 0 unspecified atom stereocenters. The van der Waals surface area contributed by atoms with Crippen LogP contribution in [0.4, 0.5) is 0 Å². The summed E-state index contributed by atoms with van der Waals surface area (Å²) in [5, 5.41) is 0. The quantitative estimate of drug-likeness (QED) is 0.779. The smallest absolute Gasteiger partial charge is 0.279 e. The van der Waals surface area contributed by atoms with Gasteiger partial charge in [0.05, 0.1) is 20.3 Å². The van der Waals surface area contributed by atoms with Gasteiger partial charge in [-0.3, -0.25) is 0 Å². The molecule has 1 atom stereocenters. The number of methoxy groups -OCH3 is 1. The molecule has 1 saturated heterocycles. The van der Waals surface area contributed by atoms with Crippen molar-refractivity contribution in [3.05, 3.63) is 29.8 Å². The maximum Gasteiger partial charge on any atom is 0.279 e. The molecule has 2 rings (SSSR count). The van der Waals surface area contributed by atoms with Crippen molar-refractivity contribution in [3.8, 4) is 5.75 Å². The Kier molecular flexibility index (Phi) is 6.37. The normalized spacial score (nSPS) is 18.1. The molecule has 0 radical (unpaired) electrons. The van der Waals surface area contributed by atoms with E-state index in [1.54, 1.807) is 7.11 Å². The standard InChI is InChI=1S/C15H25N3O4S/c1-17(2)15(13-5-4-6-14(11-13)21-3)12-16-23(19,20)18-7-9-22-10-8-18/h4-6,11,15-16H,7-10,12H2,1-3H3/t15-/m1/s1. The largest absolute Gasteiger partial charge is 0.497 e. The van der Waals surface area contributed by atoms with E-state index in [0.717, 1.165) is 11.3 Å². The first-order valence-corrected chi connectivity index (χ1v) is 9.01. The van der Waals surface area contributed by atoms with E-state index in [2.05, 4.69) is 4.72 Å². The third kappa shape index (κ3) is 4.89. The first kappa shape index (κ1) is 18.2. The second kappa shape index (κ2) is 8.07. The van der Waals surface area contributed by atoms with E-state index < -0.39 is 10.2 Å². The van der Waals surface area contributed by atoms with E-state index in [4.69, 9.17) is 9.47 Å². The van der Waals surface area contributed by atoms with Crippen molar-refractivity contribution in [3.63, 3.8) is 0 Å². The van der Waals surface area contributed by atoms with Gasteiger partial charge in [0.15, 0.2) is 0 Å². The molecule has 1 fully saturated rings. The fourth-order valence-corrected chi connectivity index (χ4v) is 3.69. The van der Waals surface area contributed by atoms with Crippen molar-refractivity contribution in [1.29, 1.82) is 0 Å². The van der Waals surface area contributed by atoms with Gasteiger partial charge in [-0.15, -0.1) is 0 Å². The molecule has 130 valence electrons. The molecule has 1 aliphatic rings. The number of morpholine rings is 1. The van der Waals surface area contributed by atoms with Crippen LogP contribution in [0.15, 0.2) is 24.3 Å². The van der Waals surface area contributed by atoms with Crippen LogP contribution >= 0.6 is 0 Å². The van der Waals surface area contributed by atoms with Gasteiger partial charge >= 0.3 is 0 Å². The highest BCUT2D eigenvalue weighted by Crippen LogP contribution is 2.22. The van der Waals surface area contributed by atoms with Crippen molar-refractivity contribution in [2.75, 3.05) is 54.1 Å². The first-order valence-electron chi connectivity index (χ1n) is 7.57. The lowest BCUT2D eigenvalue weighted by molar-refractivity contribution is 0.0724. The van der Waals surface area contributed by atoms with E-state index >= 15 is 0 Å². The van der Waals surface area contributed by atoms with Gasteiger partial charge in [-0.25, -0.2) is 4.72 Å². The zero-order chi connectivity index (χ0) is 16.9. The summed E-state index contributed by atoms with van der Waals surface area (Å²) in [6.45, 7) is 1.95. The molecule has 7 nitrogen and oxygen atoms in total. The fraction of sp³-hybridized carbons (Fsp3) is 0.600. The van der Waals surface area contributed by atoms with Crippen LogP contribution in [0.3, 0.4) is 0 Å². The third-order valence-electron chi connectivity index (χ3n) is 3.87. The van der Waals surface area contributed by atoms with Gasteiger partial charge in [-0.2, -0.15) is 12.7 Å². The van der Waals surface area contributed by atoms with Gasteiger partial charge in [0.25, 0.3) is 10.2 Å². The molecule has 1 N–H and O–H groups in total. The van der Waals surface area contributed by atoms with Gasteiger partial charge in [0.1, 0.15) is 5.75 Å². The summed E-state index contributed by atoms with van der Waals surface area (Å²) >= 11 is 0. The average molecular weight is 343 g/mol. The second-order valence-electron chi connectivity index (χ2n) is 5.62. The number of nitrogens with zero attached hydrogens (tertiary/aromatic N) is 2.